The summed E-state index contributed by atoms with van der Waals surface area (Å²) in [5.74, 6) is -0.913. The van der Waals surface area contributed by atoms with Crippen LogP contribution in [0.3, 0.4) is 0 Å². The minimum atomic E-state index is -0.913. The van der Waals surface area contributed by atoms with Crippen LogP contribution in [0.1, 0.15) is 54.0 Å². The van der Waals surface area contributed by atoms with E-state index in [1.807, 2.05) is 43.5 Å². The largest absolute Gasteiger partial charge is 0.478 e. The van der Waals surface area contributed by atoms with Crippen LogP contribution in [-0.4, -0.2) is 28.4 Å². The fraction of sp³-hybridized carbons (Fsp3) is 0.450. The highest BCUT2D eigenvalue weighted by molar-refractivity contribution is 6.30. The van der Waals surface area contributed by atoms with E-state index in [9.17, 15) is 9.90 Å². The third-order valence-electron chi connectivity index (χ3n) is 4.35. The average Bonchev–Trinajstić information content (AvgIpc) is 2.84. The molecule has 1 aromatic carbocycles. The highest BCUT2D eigenvalue weighted by Gasteiger charge is 2.20. The molecule has 0 amide bonds. The number of hydrogen-bond donors (Lipinski definition) is 1. The van der Waals surface area contributed by atoms with Crippen LogP contribution in [-0.2, 0) is 11.2 Å². The maximum atomic E-state index is 11.6. The van der Waals surface area contributed by atoms with E-state index in [0.29, 0.717) is 22.7 Å². The molecule has 1 aromatic heterocycles. The second-order valence-electron chi connectivity index (χ2n) is 6.45. The smallest absolute Gasteiger partial charge is 0.337 e. The lowest BCUT2D eigenvalue weighted by Gasteiger charge is -2.18. The molecule has 1 heterocycles. The number of carbonyl (C=O) groups is 1. The molecule has 0 aliphatic carbocycles. The number of benzene rings is 1. The molecule has 0 unspecified atom stereocenters. The Morgan fingerprint density at radius 2 is 2.04 bits per heavy atom. The molecule has 0 fully saturated rings. The van der Waals surface area contributed by atoms with Gasteiger partial charge in [0.15, 0.2) is 0 Å². The lowest BCUT2D eigenvalue weighted by atomic mass is 10.1. The summed E-state index contributed by atoms with van der Waals surface area (Å²) in [6.07, 6.45) is 2.80. The number of nitrogens with zero attached hydrogens (tertiary/aromatic N) is 1. The zero-order valence-electron chi connectivity index (χ0n) is 15.3. The SMILES string of the molecule is CCCCO[C@@H](C)Cc1cc(C(=O)O)c(C)n1-c1ccc(Cl)cc1C. The van der Waals surface area contributed by atoms with Crippen LogP contribution in [0.2, 0.25) is 5.02 Å². The Morgan fingerprint density at radius 3 is 2.64 bits per heavy atom. The second-order valence-corrected chi connectivity index (χ2v) is 6.88. The Labute approximate surface area is 154 Å². The number of carboxylic acids is 1. The van der Waals surface area contributed by atoms with Crippen LogP contribution >= 0.6 is 11.6 Å². The third kappa shape index (κ3) is 4.65. The van der Waals surface area contributed by atoms with Crippen LogP contribution < -0.4 is 0 Å². The van der Waals surface area contributed by atoms with Crippen molar-refractivity contribution in [2.24, 2.45) is 0 Å². The number of aromatic nitrogens is 1. The molecule has 2 aromatic rings. The van der Waals surface area contributed by atoms with E-state index in [2.05, 4.69) is 6.92 Å². The molecule has 25 heavy (non-hydrogen) atoms. The van der Waals surface area contributed by atoms with Crippen molar-refractivity contribution in [3.8, 4) is 5.69 Å². The van der Waals surface area contributed by atoms with Crippen molar-refractivity contribution in [2.75, 3.05) is 6.61 Å². The van der Waals surface area contributed by atoms with Crippen LogP contribution in [0, 0.1) is 13.8 Å². The van der Waals surface area contributed by atoms with Crippen molar-refractivity contribution < 1.29 is 14.6 Å². The normalized spacial score (nSPS) is 12.4. The summed E-state index contributed by atoms with van der Waals surface area (Å²) in [4.78, 5) is 11.6. The van der Waals surface area contributed by atoms with Crippen molar-refractivity contribution in [3.05, 3.63) is 51.8 Å². The predicted molar refractivity (Wildman–Crippen MR) is 101 cm³/mol. The molecule has 0 saturated heterocycles. The molecule has 1 atom stereocenters. The van der Waals surface area contributed by atoms with Gasteiger partial charge in [-0.3, -0.25) is 0 Å². The van der Waals surface area contributed by atoms with E-state index in [-0.39, 0.29) is 6.10 Å². The summed E-state index contributed by atoms with van der Waals surface area (Å²) in [6, 6.07) is 7.41. The molecule has 5 heteroatoms. The molecule has 1 N–H and O–H groups in total. The van der Waals surface area contributed by atoms with E-state index < -0.39 is 5.97 Å². The summed E-state index contributed by atoms with van der Waals surface area (Å²) < 4.78 is 7.86. The Bertz CT molecular complexity index is 752. The maximum absolute atomic E-state index is 11.6. The molecular weight excluding hydrogens is 338 g/mol. The van der Waals surface area contributed by atoms with E-state index in [0.717, 1.165) is 36.4 Å². The summed E-state index contributed by atoms with van der Waals surface area (Å²) in [5.41, 5.74) is 3.93. The van der Waals surface area contributed by atoms with Gasteiger partial charge in [0.25, 0.3) is 0 Å². The van der Waals surface area contributed by atoms with E-state index in [4.69, 9.17) is 16.3 Å². The van der Waals surface area contributed by atoms with Crippen molar-refractivity contribution in [1.82, 2.24) is 4.57 Å². The summed E-state index contributed by atoms with van der Waals surface area (Å²) >= 11 is 6.07. The Balaban J connectivity index is 2.41. The third-order valence-corrected chi connectivity index (χ3v) is 4.59. The van der Waals surface area contributed by atoms with Crippen LogP contribution in [0.4, 0.5) is 0 Å². The Hall–Kier alpha value is -1.78. The molecule has 0 radical (unpaired) electrons. The zero-order valence-corrected chi connectivity index (χ0v) is 16.1. The minimum Gasteiger partial charge on any atom is -0.478 e. The first-order valence-electron chi connectivity index (χ1n) is 8.67. The van der Waals surface area contributed by atoms with Gasteiger partial charge >= 0.3 is 5.97 Å². The quantitative estimate of drug-likeness (QED) is 0.656. The standard InChI is InChI=1S/C20H26ClNO3/c1-5-6-9-25-14(3)11-17-12-18(20(23)24)15(4)22(17)19-8-7-16(21)10-13(19)2/h7-8,10,12,14H,5-6,9,11H2,1-4H3,(H,23,24)/t14-/m0/s1. The van der Waals surface area contributed by atoms with E-state index in [1.165, 1.54) is 0 Å². The fourth-order valence-electron chi connectivity index (χ4n) is 3.03. The van der Waals surface area contributed by atoms with Gasteiger partial charge in [-0.2, -0.15) is 0 Å². The zero-order chi connectivity index (χ0) is 18.6. The van der Waals surface area contributed by atoms with Crippen molar-refractivity contribution in [3.63, 3.8) is 0 Å². The minimum absolute atomic E-state index is 0.0221. The lowest BCUT2D eigenvalue weighted by Crippen LogP contribution is -2.15. The van der Waals surface area contributed by atoms with Crippen LogP contribution in [0.15, 0.2) is 24.3 Å². The number of aromatic carboxylic acids is 1. The van der Waals surface area contributed by atoms with Crippen molar-refractivity contribution in [1.29, 1.82) is 0 Å². The first-order chi connectivity index (χ1) is 11.8. The van der Waals surface area contributed by atoms with Gasteiger partial charge in [-0.05, 0) is 57.0 Å². The first kappa shape index (κ1) is 19.5. The van der Waals surface area contributed by atoms with Gasteiger partial charge in [0.1, 0.15) is 0 Å². The molecule has 0 aliphatic heterocycles. The molecule has 0 bridgehead atoms. The Kier molecular flexibility index (Phi) is 6.68. The molecule has 0 saturated carbocycles. The van der Waals surface area contributed by atoms with Gasteiger partial charge in [0, 0.05) is 35.1 Å². The first-order valence-corrected chi connectivity index (χ1v) is 9.05. The monoisotopic (exact) mass is 363 g/mol. The average molecular weight is 364 g/mol. The molecule has 2 rings (SSSR count). The summed E-state index contributed by atoms with van der Waals surface area (Å²) in [7, 11) is 0. The highest BCUT2D eigenvalue weighted by Crippen LogP contribution is 2.27. The number of unbranched alkanes of at least 4 members (excludes halogenated alkanes) is 1. The number of hydrogen-bond acceptors (Lipinski definition) is 2. The molecule has 136 valence electrons. The van der Waals surface area contributed by atoms with Crippen molar-refractivity contribution >= 4 is 17.6 Å². The van der Waals surface area contributed by atoms with Crippen molar-refractivity contribution in [2.45, 2.75) is 53.1 Å². The second kappa shape index (κ2) is 8.54. The summed E-state index contributed by atoms with van der Waals surface area (Å²) in [5, 5.41) is 10.2. The number of ether oxygens (including phenoxy) is 1. The van der Waals surface area contributed by atoms with Gasteiger partial charge < -0.3 is 14.4 Å². The molecule has 4 nitrogen and oxygen atoms in total. The van der Waals surface area contributed by atoms with Gasteiger partial charge in [-0.25, -0.2) is 4.79 Å². The van der Waals surface area contributed by atoms with E-state index >= 15 is 0 Å². The summed E-state index contributed by atoms with van der Waals surface area (Å²) in [6.45, 7) is 8.70. The number of aryl methyl sites for hydroxylation is 1. The highest BCUT2D eigenvalue weighted by atomic mass is 35.5. The van der Waals surface area contributed by atoms with Gasteiger partial charge in [-0.1, -0.05) is 24.9 Å². The number of halogens is 1. The maximum Gasteiger partial charge on any atom is 0.337 e. The number of carboxylic acid groups (broad SMARTS) is 1. The van der Waals surface area contributed by atoms with Crippen LogP contribution in [0.25, 0.3) is 5.69 Å². The molecule has 0 spiro atoms. The fourth-order valence-corrected chi connectivity index (χ4v) is 3.25. The predicted octanol–water partition coefficient (Wildman–Crippen LogP) is 5.19. The van der Waals surface area contributed by atoms with E-state index in [1.54, 1.807) is 6.07 Å². The van der Waals surface area contributed by atoms with Gasteiger partial charge in [-0.15, -0.1) is 0 Å². The topological polar surface area (TPSA) is 51.5 Å². The van der Waals surface area contributed by atoms with Crippen LogP contribution in [0.5, 0.6) is 0 Å². The van der Waals surface area contributed by atoms with Gasteiger partial charge in [0.2, 0.25) is 0 Å². The lowest BCUT2D eigenvalue weighted by molar-refractivity contribution is 0.0634. The molecular formula is C20H26ClNO3. The molecule has 0 aliphatic rings. The Morgan fingerprint density at radius 1 is 1.32 bits per heavy atom. The number of rotatable bonds is 8. The van der Waals surface area contributed by atoms with Gasteiger partial charge in [0.05, 0.1) is 11.7 Å².